The number of benzene rings is 2. The Hall–Kier alpha value is -3.11. The van der Waals surface area contributed by atoms with E-state index in [1.165, 1.54) is 37.4 Å². The van der Waals surface area contributed by atoms with Crippen LogP contribution >= 0.6 is 0 Å². The van der Waals surface area contributed by atoms with Gasteiger partial charge in [-0.05, 0) is 42.7 Å². The minimum absolute atomic E-state index is 0.0472. The number of carbonyl (C=O) groups is 2. The smallest absolute Gasteiger partial charge is 0.307 e. The number of anilines is 1. The molecular formula is C21H24N2O7S. The van der Waals surface area contributed by atoms with Crippen LogP contribution in [0.15, 0.2) is 47.4 Å². The molecule has 1 atom stereocenters. The van der Waals surface area contributed by atoms with Crippen molar-refractivity contribution in [1.82, 2.24) is 5.32 Å². The molecule has 9 nitrogen and oxygen atoms in total. The number of para-hydroxylation sites is 1. The van der Waals surface area contributed by atoms with Crippen LogP contribution in [0.25, 0.3) is 0 Å². The molecule has 166 valence electrons. The number of carboxylic acids is 1. The summed E-state index contributed by atoms with van der Waals surface area (Å²) >= 11 is 0. The highest BCUT2D eigenvalue weighted by Crippen LogP contribution is 2.28. The third-order valence-electron chi connectivity index (χ3n) is 4.80. The molecule has 0 aromatic heterocycles. The van der Waals surface area contributed by atoms with E-state index in [9.17, 15) is 18.0 Å². The van der Waals surface area contributed by atoms with Crippen LogP contribution in [-0.4, -0.2) is 51.8 Å². The van der Waals surface area contributed by atoms with Gasteiger partial charge in [0.2, 0.25) is 0 Å². The number of sulfonamides is 1. The first-order valence-corrected chi connectivity index (χ1v) is 11.2. The Balaban J connectivity index is 1.85. The van der Waals surface area contributed by atoms with Gasteiger partial charge in [-0.1, -0.05) is 18.2 Å². The predicted octanol–water partition coefficient (Wildman–Crippen LogP) is 2.03. The highest BCUT2D eigenvalue weighted by Gasteiger charge is 2.24. The normalized spacial score (nSPS) is 16.0. The lowest BCUT2D eigenvalue weighted by molar-refractivity contribution is -0.136. The summed E-state index contributed by atoms with van der Waals surface area (Å²) in [6.07, 6.45) is 1.42. The molecule has 1 aliphatic heterocycles. The van der Waals surface area contributed by atoms with Gasteiger partial charge < -0.3 is 19.9 Å². The fraction of sp³-hybridized carbons (Fsp3) is 0.333. The van der Waals surface area contributed by atoms with E-state index in [1.807, 2.05) is 0 Å². The van der Waals surface area contributed by atoms with Crippen molar-refractivity contribution in [2.45, 2.75) is 30.3 Å². The lowest BCUT2D eigenvalue weighted by atomic mass is 10.1. The fourth-order valence-corrected chi connectivity index (χ4v) is 4.59. The van der Waals surface area contributed by atoms with Gasteiger partial charge in [0.15, 0.2) is 0 Å². The van der Waals surface area contributed by atoms with Crippen molar-refractivity contribution in [3.8, 4) is 5.75 Å². The molecule has 1 unspecified atom stereocenters. The number of hydrogen-bond donors (Lipinski definition) is 3. The van der Waals surface area contributed by atoms with Crippen LogP contribution in [0.4, 0.5) is 5.69 Å². The third kappa shape index (κ3) is 5.74. The highest BCUT2D eigenvalue weighted by atomic mass is 32.2. The van der Waals surface area contributed by atoms with Gasteiger partial charge in [-0.3, -0.25) is 14.3 Å². The van der Waals surface area contributed by atoms with Crippen LogP contribution in [0.5, 0.6) is 5.75 Å². The van der Waals surface area contributed by atoms with E-state index in [4.69, 9.17) is 14.6 Å². The van der Waals surface area contributed by atoms with Crippen molar-refractivity contribution >= 4 is 27.6 Å². The number of nitrogens with one attached hydrogen (secondary N) is 2. The van der Waals surface area contributed by atoms with E-state index in [-0.39, 0.29) is 34.4 Å². The minimum Gasteiger partial charge on any atom is -0.495 e. The monoisotopic (exact) mass is 448 g/mol. The summed E-state index contributed by atoms with van der Waals surface area (Å²) < 4.78 is 39.2. The van der Waals surface area contributed by atoms with E-state index in [1.54, 1.807) is 12.1 Å². The molecule has 3 N–H and O–H groups in total. The highest BCUT2D eigenvalue weighted by molar-refractivity contribution is 7.92. The number of methoxy groups -OCH3 is 1. The molecule has 0 bridgehead atoms. The second kappa shape index (κ2) is 9.80. The molecule has 1 saturated heterocycles. The maximum Gasteiger partial charge on any atom is 0.307 e. The van der Waals surface area contributed by atoms with Gasteiger partial charge in [0, 0.05) is 13.2 Å². The van der Waals surface area contributed by atoms with Crippen molar-refractivity contribution in [1.29, 1.82) is 0 Å². The molecule has 2 aromatic carbocycles. The van der Waals surface area contributed by atoms with Gasteiger partial charge in [-0.15, -0.1) is 0 Å². The first-order chi connectivity index (χ1) is 14.8. The van der Waals surface area contributed by atoms with Crippen LogP contribution in [0, 0.1) is 0 Å². The Morgan fingerprint density at radius 3 is 2.68 bits per heavy atom. The Bertz CT molecular complexity index is 1060. The van der Waals surface area contributed by atoms with Crippen molar-refractivity contribution in [3.05, 3.63) is 53.6 Å². The Morgan fingerprint density at radius 1 is 1.23 bits per heavy atom. The summed E-state index contributed by atoms with van der Waals surface area (Å²) in [5.41, 5.74) is 0.555. The van der Waals surface area contributed by atoms with Crippen molar-refractivity contribution in [3.63, 3.8) is 0 Å². The first kappa shape index (κ1) is 22.6. The van der Waals surface area contributed by atoms with Crippen molar-refractivity contribution in [2.24, 2.45) is 0 Å². The van der Waals surface area contributed by atoms with Crippen LogP contribution in [-0.2, 0) is 26.0 Å². The molecule has 1 aliphatic rings. The quantitative estimate of drug-likeness (QED) is 0.535. The second-order valence-electron chi connectivity index (χ2n) is 7.05. The Morgan fingerprint density at radius 2 is 2.00 bits per heavy atom. The largest absolute Gasteiger partial charge is 0.495 e. The van der Waals surface area contributed by atoms with Gasteiger partial charge in [-0.2, -0.15) is 0 Å². The SMILES string of the molecule is COc1ccc(CC(=O)O)cc1S(=O)(=O)Nc1ccccc1C(=O)NCC1CCCO1. The number of amides is 1. The van der Waals surface area contributed by atoms with Gasteiger partial charge >= 0.3 is 5.97 Å². The molecule has 31 heavy (non-hydrogen) atoms. The van der Waals surface area contributed by atoms with Gasteiger partial charge in [0.05, 0.1) is 30.9 Å². The van der Waals surface area contributed by atoms with E-state index in [0.717, 1.165) is 12.8 Å². The van der Waals surface area contributed by atoms with Crippen LogP contribution in [0.1, 0.15) is 28.8 Å². The van der Waals surface area contributed by atoms with E-state index < -0.39 is 21.9 Å². The number of rotatable bonds is 9. The van der Waals surface area contributed by atoms with E-state index in [0.29, 0.717) is 18.7 Å². The number of hydrogen-bond acceptors (Lipinski definition) is 6. The van der Waals surface area contributed by atoms with Crippen LogP contribution in [0.3, 0.4) is 0 Å². The average Bonchev–Trinajstić information content (AvgIpc) is 3.25. The summed E-state index contributed by atoms with van der Waals surface area (Å²) in [4.78, 5) is 23.4. The topological polar surface area (TPSA) is 131 Å². The molecule has 0 spiro atoms. The summed E-state index contributed by atoms with van der Waals surface area (Å²) in [5.74, 6) is -1.46. The third-order valence-corrected chi connectivity index (χ3v) is 6.19. The molecule has 1 heterocycles. The molecule has 2 aromatic rings. The second-order valence-corrected chi connectivity index (χ2v) is 8.70. The number of carboxylic acid groups (broad SMARTS) is 1. The zero-order valence-electron chi connectivity index (χ0n) is 17.0. The molecule has 10 heteroatoms. The Kier molecular flexibility index (Phi) is 7.13. The fourth-order valence-electron chi connectivity index (χ4n) is 3.29. The van der Waals surface area contributed by atoms with Gasteiger partial charge in [0.25, 0.3) is 15.9 Å². The van der Waals surface area contributed by atoms with Crippen molar-refractivity contribution < 1.29 is 32.6 Å². The summed E-state index contributed by atoms with van der Waals surface area (Å²) in [7, 11) is -2.86. The first-order valence-electron chi connectivity index (χ1n) is 9.70. The van der Waals surface area contributed by atoms with E-state index >= 15 is 0 Å². The average molecular weight is 448 g/mol. The van der Waals surface area contributed by atoms with Crippen LogP contribution in [0.2, 0.25) is 0 Å². The molecule has 0 radical (unpaired) electrons. The lowest BCUT2D eigenvalue weighted by Gasteiger charge is -2.16. The number of aliphatic carboxylic acids is 1. The van der Waals surface area contributed by atoms with Gasteiger partial charge in [0.1, 0.15) is 10.6 Å². The molecule has 3 rings (SSSR count). The molecular weight excluding hydrogens is 424 g/mol. The predicted molar refractivity (Wildman–Crippen MR) is 113 cm³/mol. The standard InChI is InChI=1S/C21H24N2O7S/c1-29-18-9-8-14(12-20(24)25)11-19(18)31(27,28)23-17-7-3-2-6-16(17)21(26)22-13-15-5-4-10-30-15/h2-3,6-9,11,15,23H,4-5,10,12-13H2,1H3,(H,22,26)(H,24,25). The molecule has 1 fully saturated rings. The lowest BCUT2D eigenvalue weighted by Crippen LogP contribution is -2.32. The van der Waals surface area contributed by atoms with Crippen molar-refractivity contribution in [2.75, 3.05) is 25.0 Å². The zero-order valence-corrected chi connectivity index (χ0v) is 17.8. The summed E-state index contributed by atoms with van der Waals surface area (Å²) in [5, 5.41) is 11.8. The maximum atomic E-state index is 13.1. The number of ether oxygens (including phenoxy) is 2. The van der Waals surface area contributed by atoms with Crippen LogP contribution < -0.4 is 14.8 Å². The van der Waals surface area contributed by atoms with E-state index in [2.05, 4.69) is 10.0 Å². The minimum atomic E-state index is -4.17. The number of carbonyl (C=O) groups excluding carboxylic acids is 1. The zero-order chi connectivity index (χ0) is 22.4. The summed E-state index contributed by atoms with van der Waals surface area (Å²) in [6.45, 7) is 1.00. The molecule has 1 amide bonds. The summed E-state index contributed by atoms with van der Waals surface area (Å²) in [6, 6.07) is 10.4. The maximum absolute atomic E-state index is 13.1. The Labute approximate surface area is 180 Å². The molecule has 0 saturated carbocycles. The van der Waals surface area contributed by atoms with Gasteiger partial charge in [-0.25, -0.2) is 8.42 Å². The molecule has 0 aliphatic carbocycles.